The minimum Gasteiger partial charge on any atom is -0.504 e. The van der Waals surface area contributed by atoms with E-state index >= 15 is 0 Å². The summed E-state index contributed by atoms with van der Waals surface area (Å²) in [4.78, 5) is 29.5. The van der Waals surface area contributed by atoms with Gasteiger partial charge in [-0.2, -0.15) is 0 Å². The predicted molar refractivity (Wildman–Crippen MR) is 121 cm³/mol. The third kappa shape index (κ3) is 4.19. The molecule has 0 aliphatic heterocycles. The summed E-state index contributed by atoms with van der Waals surface area (Å²) < 4.78 is 25.8. The van der Waals surface area contributed by atoms with E-state index in [1.165, 1.54) is 23.5 Å². The minimum atomic E-state index is -4.28. The van der Waals surface area contributed by atoms with Crippen molar-refractivity contribution in [2.24, 2.45) is 0 Å². The van der Waals surface area contributed by atoms with Gasteiger partial charge in [0.15, 0.2) is 5.75 Å². The third-order valence-corrected chi connectivity index (χ3v) is 7.89. The van der Waals surface area contributed by atoms with Gasteiger partial charge >= 0.3 is 0 Å². The molecule has 3 aromatic rings. The number of nitrogens with zero attached hydrogens (tertiary/aromatic N) is 1. The maximum absolute atomic E-state index is 12.6. The van der Waals surface area contributed by atoms with Gasteiger partial charge in [-0.05, 0) is 30.0 Å². The summed E-state index contributed by atoms with van der Waals surface area (Å²) in [7, 11) is -2.00. The second kappa shape index (κ2) is 8.97. The van der Waals surface area contributed by atoms with Crippen LogP contribution in [0.1, 0.15) is 24.3 Å². The molecule has 2 aromatic carbocycles. The number of rotatable bonds is 9. The van der Waals surface area contributed by atoms with Gasteiger partial charge in [-0.15, -0.1) is 11.3 Å². The first-order valence-corrected chi connectivity index (χ1v) is 11.8. The van der Waals surface area contributed by atoms with Crippen molar-refractivity contribution >= 4 is 50.0 Å². The number of hydrogen-bond donors (Lipinski definition) is 3. The normalized spacial score (nSPS) is 12.9. The highest BCUT2D eigenvalue weighted by atomic mass is 35.5. The Kier molecular flexibility index (Phi) is 6.72. The first-order chi connectivity index (χ1) is 14.6. The quantitative estimate of drug-likeness (QED) is 0.240. The first kappa shape index (κ1) is 23.2. The molecule has 1 atom stereocenters. The van der Waals surface area contributed by atoms with E-state index < -0.39 is 31.5 Å². The summed E-state index contributed by atoms with van der Waals surface area (Å²) in [5.41, 5.74) is -1.58. The molecule has 9 nitrogen and oxygen atoms in total. The summed E-state index contributed by atoms with van der Waals surface area (Å²) >= 11 is 7.52. The maximum Gasteiger partial charge on any atom is 0.269 e. The van der Waals surface area contributed by atoms with Crippen LogP contribution in [0.2, 0.25) is 5.02 Å². The molecular formula is C19H20ClN3O6S2. The van der Waals surface area contributed by atoms with Crippen LogP contribution in [0.15, 0.2) is 44.1 Å². The summed E-state index contributed by atoms with van der Waals surface area (Å²) in [6.45, 7) is 1.93. The zero-order valence-electron chi connectivity index (χ0n) is 16.8. The standard InChI is InChI=1S/C19H20ClN3O6S2/c1-4-11(13-6-5-9-30-13)21-14-15(18(26)17(14)25)22-12-8-7-10(20)19(16(12)24)31(27,28)23(2)29-3/h5-9,11,21-22,24H,4H2,1-3H3. The summed E-state index contributed by atoms with van der Waals surface area (Å²) in [5, 5.41) is 18.0. The molecular weight excluding hydrogens is 466 g/mol. The fraction of sp³-hybridized carbons (Fsp3) is 0.263. The highest BCUT2D eigenvalue weighted by molar-refractivity contribution is 7.89. The van der Waals surface area contributed by atoms with Crippen LogP contribution in [0, 0.1) is 0 Å². The number of aromatic hydroxyl groups is 1. The van der Waals surface area contributed by atoms with Crippen molar-refractivity contribution in [1.29, 1.82) is 0 Å². The zero-order chi connectivity index (χ0) is 22.9. The number of benzene rings is 1. The van der Waals surface area contributed by atoms with Crippen LogP contribution < -0.4 is 21.5 Å². The molecule has 31 heavy (non-hydrogen) atoms. The van der Waals surface area contributed by atoms with Crippen LogP contribution in [0.3, 0.4) is 0 Å². The Balaban J connectivity index is 1.98. The van der Waals surface area contributed by atoms with E-state index in [1.54, 1.807) is 0 Å². The van der Waals surface area contributed by atoms with Crippen LogP contribution in [0.4, 0.5) is 17.1 Å². The molecule has 1 heterocycles. The SMILES string of the molecule is CCC(Nc1c(Nc2ccc(Cl)c(S(=O)(=O)N(C)OC)c2O)c(=O)c1=O)c1cccs1. The summed E-state index contributed by atoms with van der Waals surface area (Å²) in [6.07, 6.45) is 0.663. The lowest BCUT2D eigenvalue weighted by molar-refractivity contribution is -0.0259. The van der Waals surface area contributed by atoms with Crippen LogP contribution in [-0.2, 0) is 14.9 Å². The van der Waals surface area contributed by atoms with Crippen molar-refractivity contribution in [2.45, 2.75) is 24.3 Å². The van der Waals surface area contributed by atoms with Crippen molar-refractivity contribution in [1.82, 2.24) is 4.47 Å². The number of halogens is 1. The van der Waals surface area contributed by atoms with Gasteiger partial charge in [-0.3, -0.25) is 14.4 Å². The maximum atomic E-state index is 12.6. The molecule has 166 valence electrons. The number of anilines is 3. The van der Waals surface area contributed by atoms with Crippen molar-refractivity contribution < 1.29 is 18.4 Å². The fourth-order valence-electron chi connectivity index (χ4n) is 2.94. The molecule has 0 aliphatic rings. The Hall–Kier alpha value is -2.44. The zero-order valence-corrected chi connectivity index (χ0v) is 19.2. The van der Waals surface area contributed by atoms with Gasteiger partial charge in [0.25, 0.3) is 20.9 Å². The van der Waals surface area contributed by atoms with E-state index in [-0.39, 0.29) is 28.1 Å². The van der Waals surface area contributed by atoms with E-state index in [0.29, 0.717) is 10.9 Å². The van der Waals surface area contributed by atoms with E-state index in [2.05, 4.69) is 10.6 Å². The summed E-state index contributed by atoms with van der Waals surface area (Å²) in [5.74, 6) is -0.708. The molecule has 0 fully saturated rings. The van der Waals surface area contributed by atoms with Crippen LogP contribution in [-0.4, -0.2) is 32.2 Å². The molecule has 3 rings (SSSR count). The number of hydrogen-bond acceptors (Lipinski definition) is 9. The number of phenolic OH excluding ortho intramolecular Hbond substituents is 1. The van der Waals surface area contributed by atoms with E-state index in [4.69, 9.17) is 16.4 Å². The molecule has 3 N–H and O–H groups in total. The Bertz CT molecular complexity index is 1270. The summed E-state index contributed by atoms with van der Waals surface area (Å²) in [6, 6.07) is 6.17. The van der Waals surface area contributed by atoms with Crippen LogP contribution >= 0.6 is 22.9 Å². The lowest BCUT2D eigenvalue weighted by atomic mass is 10.1. The number of phenols is 1. The molecule has 0 spiro atoms. The van der Waals surface area contributed by atoms with Gasteiger partial charge in [0.05, 0.1) is 23.9 Å². The third-order valence-electron chi connectivity index (χ3n) is 4.72. The van der Waals surface area contributed by atoms with Gasteiger partial charge in [0, 0.05) is 11.9 Å². The Morgan fingerprint density at radius 3 is 2.48 bits per heavy atom. The lowest BCUT2D eigenvalue weighted by Crippen LogP contribution is -2.37. The largest absolute Gasteiger partial charge is 0.504 e. The highest BCUT2D eigenvalue weighted by Crippen LogP contribution is 2.40. The van der Waals surface area contributed by atoms with Gasteiger partial charge in [-0.25, -0.2) is 8.42 Å². The molecule has 0 saturated carbocycles. The smallest absolute Gasteiger partial charge is 0.269 e. The second-order valence-electron chi connectivity index (χ2n) is 6.52. The van der Waals surface area contributed by atoms with Crippen LogP contribution in [0.25, 0.3) is 0 Å². The second-order valence-corrected chi connectivity index (χ2v) is 9.78. The van der Waals surface area contributed by atoms with Crippen molar-refractivity contribution in [3.63, 3.8) is 0 Å². The van der Waals surface area contributed by atoms with Crippen molar-refractivity contribution in [3.05, 3.63) is 60.0 Å². The topological polar surface area (TPSA) is 125 Å². The molecule has 1 aromatic heterocycles. The highest BCUT2D eigenvalue weighted by Gasteiger charge is 2.31. The van der Waals surface area contributed by atoms with E-state index in [1.807, 2.05) is 24.4 Å². The van der Waals surface area contributed by atoms with E-state index in [9.17, 15) is 23.1 Å². The predicted octanol–water partition coefficient (Wildman–Crippen LogP) is 3.19. The molecule has 0 radical (unpaired) electrons. The number of nitrogens with one attached hydrogen (secondary N) is 2. The molecule has 1 unspecified atom stereocenters. The number of hydroxylamine groups is 1. The molecule has 12 heteroatoms. The molecule has 0 saturated heterocycles. The Labute approximate surface area is 187 Å². The average molecular weight is 486 g/mol. The van der Waals surface area contributed by atoms with Crippen LogP contribution in [0.5, 0.6) is 5.75 Å². The molecule has 0 bridgehead atoms. The van der Waals surface area contributed by atoms with Gasteiger partial charge in [0.2, 0.25) is 0 Å². The lowest BCUT2D eigenvalue weighted by Gasteiger charge is -2.22. The number of sulfonamides is 1. The molecule has 0 amide bonds. The van der Waals surface area contributed by atoms with Crippen molar-refractivity contribution in [2.75, 3.05) is 24.8 Å². The van der Waals surface area contributed by atoms with Gasteiger partial charge in [-0.1, -0.05) is 29.1 Å². The van der Waals surface area contributed by atoms with E-state index in [0.717, 1.165) is 19.0 Å². The van der Waals surface area contributed by atoms with Gasteiger partial charge < -0.3 is 15.7 Å². The number of thiophene rings is 1. The Morgan fingerprint density at radius 1 is 1.23 bits per heavy atom. The first-order valence-electron chi connectivity index (χ1n) is 9.08. The van der Waals surface area contributed by atoms with Crippen molar-refractivity contribution in [3.8, 4) is 5.75 Å². The average Bonchev–Trinajstić information content (AvgIpc) is 3.28. The van der Waals surface area contributed by atoms with Gasteiger partial charge in [0.1, 0.15) is 16.3 Å². The Morgan fingerprint density at radius 2 is 1.90 bits per heavy atom. The molecule has 0 aliphatic carbocycles. The minimum absolute atomic E-state index is 0.0676. The monoisotopic (exact) mass is 485 g/mol. The fourth-order valence-corrected chi connectivity index (χ4v) is 5.37.